The molecule has 0 unspecified atom stereocenters. The van der Waals surface area contributed by atoms with Crippen molar-refractivity contribution in [2.24, 2.45) is 0 Å². The van der Waals surface area contributed by atoms with Crippen LogP contribution in [0.15, 0.2) is 36.4 Å². The maximum atomic E-state index is 12.6. The van der Waals surface area contributed by atoms with Gasteiger partial charge in [-0.05, 0) is 42.8 Å². The van der Waals surface area contributed by atoms with Gasteiger partial charge in [-0.1, -0.05) is 17.7 Å². The summed E-state index contributed by atoms with van der Waals surface area (Å²) in [5, 5.41) is 9.64. The second-order valence-corrected chi connectivity index (χ2v) is 5.67. The second-order valence-electron chi connectivity index (χ2n) is 5.23. The van der Waals surface area contributed by atoms with E-state index in [2.05, 4.69) is 0 Å². The number of ether oxygens (including phenoxy) is 1. The average Bonchev–Trinajstić information content (AvgIpc) is 2.63. The van der Waals surface area contributed by atoms with E-state index < -0.39 is 11.9 Å². The second kappa shape index (κ2) is 5.46. The number of carbonyl (C=O) groups is 2. The molecule has 0 saturated heterocycles. The Morgan fingerprint density at radius 2 is 1.95 bits per heavy atom. The lowest BCUT2D eigenvalue weighted by molar-refractivity contribution is -0.138. The third kappa shape index (κ3) is 2.46. The maximum Gasteiger partial charge on any atom is 0.310 e. The Kier molecular flexibility index (Phi) is 3.62. The Labute approximate surface area is 132 Å². The monoisotopic (exact) mass is 316 g/mol. The number of carbonyl (C=O) groups excluding carboxylic acids is 1. The van der Waals surface area contributed by atoms with E-state index in [9.17, 15) is 9.59 Å². The number of hydrogen-bond donors (Lipinski definition) is 1. The molecule has 22 heavy (non-hydrogen) atoms. The molecule has 0 radical (unpaired) electrons. The fraction of sp³-hybridized carbons (Fsp3) is 0.176. The standard InChI is InChI=1S/C17H13ClO4/c1-9(17(20)21)10-2-4-14-15(7-10)22-8-11-6-12(18)3-5-13(11)16(14)19/h2-7,9H,8H2,1H3,(H,20,21)/t9-/m0/s1. The third-order valence-corrected chi connectivity index (χ3v) is 4.05. The average molecular weight is 317 g/mol. The Balaban J connectivity index is 2.06. The van der Waals surface area contributed by atoms with Crippen LogP contribution in [0.4, 0.5) is 0 Å². The van der Waals surface area contributed by atoms with Crippen molar-refractivity contribution in [3.05, 3.63) is 63.7 Å². The summed E-state index contributed by atoms with van der Waals surface area (Å²) >= 11 is 5.96. The third-order valence-electron chi connectivity index (χ3n) is 3.82. The fourth-order valence-electron chi connectivity index (χ4n) is 2.46. The molecule has 0 fully saturated rings. The van der Waals surface area contributed by atoms with Gasteiger partial charge in [0.1, 0.15) is 12.4 Å². The molecule has 1 heterocycles. The van der Waals surface area contributed by atoms with Crippen LogP contribution in [-0.2, 0) is 11.4 Å². The minimum Gasteiger partial charge on any atom is -0.488 e. The summed E-state index contributed by atoms with van der Waals surface area (Å²) in [6, 6.07) is 9.97. The molecule has 0 saturated carbocycles. The highest BCUT2D eigenvalue weighted by Gasteiger charge is 2.24. The van der Waals surface area contributed by atoms with Crippen molar-refractivity contribution in [3.8, 4) is 5.75 Å². The maximum absolute atomic E-state index is 12.6. The van der Waals surface area contributed by atoms with Crippen LogP contribution in [0.3, 0.4) is 0 Å². The normalized spacial score (nSPS) is 14.4. The number of aliphatic carboxylic acids is 1. The number of fused-ring (bicyclic) bond motifs is 2. The highest BCUT2D eigenvalue weighted by atomic mass is 35.5. The predicted molar refractivity (Wildman–Crippen MR) is 81.7 cm³/mol. The Hall–Kier alpha value is -2.33. The smallest absolute Gasteiger partial charge is 0.310 e. The van der Waals surface area contributed by atoms with E-state index in [0.29, 0.717) is 27.5 Å². The molecule has 0 aromatic heterocycles. The summed E-state index contributed by atoms with van der Waals surface area (Å²) in [5.74, 6) is -1.32. The lowest BCUT2D eigenvalue weighted by Gasteiger charge is -2.11. The van der Waals surface area contributed by atoms with E-state index in [1.54, 1.807) is 43.3 Å². The molecule has 0 amide bonds. The summed E-state index contributed by atoms with van der Waals surface area (Å²) in [4.78, 5) is 23.7. The first-order chi connectivity index (χ1) is 10.5. The molecular formula is C17H13ClO4. The summed E-state index contributed by atoms with van der Waals surface area (Å²) in [6.07, 6.45) is 0. The van der Waals surface area contributed by atoms with E-state index in [1.807, 2.05) is 0 Å². The largest absolute Gasteiger partial charge is 0.488 e. The lowest BCUT2D eigenvalue weighted by atomic mass is 9.95. The van der Waals surface area contributed by atoms with Gasteiger partial charge in [0.15, 0.2) is 5.78 Å². The number of hydrogen-bond acceptors (Lipinski definition) is 3. The first-order valence-electron chi connectivity index (χ1n) is 6.80. The van der Waals surface area contributed by atoms with Crippen LogP contribution in [0.25, 0.3) is 0 Å². The minimum absolute atomic E-state index is 0.145. The van der Waals surface area contributed by atoms with Gasteiger partial charge in [-0.15, -0.1) is 0 Å². The number of carboxylic acids is 1. The quantitative estimate of drug-likeness (QED) is 0.918. The molecule has 0 bridgehead atoms. The van der Waals surface area contributed by atoms with Gasteiger partial charge in [0.2, 0.25) is 0 Å². The van der Waals surface area contributed by atoms with E-state index in [4.69, 9.17) is 21.4 Å². The van der Waals surface area contributed by atoms with Gasteiger partial charge in [0, 0.05) is 16.1 Å². The summed E-state index contributed by atoms with van der Waals surface area (Å²) in [7, 11) is 0. The van der Waals surface area contributed by atoms with Gasteiger partial charge >= 0.3 is 5.97 Å². The zero-order chi connectivity index (χ0) is 15.9. The molecule has 0 spiro atoms. The molecule has 1 aliphatic rings. The number of rotatable bonds is 2. The molecule has 2 aromatic rings. The van der Waals surface area contributed by atoms with Gasteiger partial charge in [-0.2, -0.15) is 0 Å². The highest BCUT2D eigenvalue weighted by molar-refractivity contribution is 6.30. The first kappa shape index (κ1) is 14.6. The molecule has 3 rings (SSSR count). The molecule has 4 nitrogen and oxygen atoms in total. The lowest BCUT2D eigenvalue weighted by Crippen LogP contribution is -2.08. The Morgan fingerprint density at radius 1 is 1.23 bits per heavy atom. The van der Waals surface area contributed by atoms with Crippen molar-refractivity contribution in [2.75, 3.05) is 0 Å². The van der Waals surface area contributed by atoms with Gasteiger partial charge in [-0.3, -0.25) is 9.59 Å². The molecule has 5 heteroatoms. The van der Waals surface area contributed by atoms with Crippen LogP contribution in [0.5, 0.6) is 5.75 Å². The summed E-state index contributed by atoms with van der Waals surface area (Å²) in [6.45, 7) is 1.82. The number of halogens is 1. The fourth-order valence-corrected chi connectivity index (χ4v) is 2.66. The zero-order valence-corrected chi connectivity index (χ0v) is 12.6. The van der Waals surface area contributed by atoms with Crippen molar-refractivity contribution >= 4 is 23.4 Å². The molecule has 1 atom stereocenters. The molecule has 0 aliphatic carbocycles. The number of ketones is 1. The van der Waals surface area contributed by atoms with E-state index in [0.717, 1.165) is 5.56 Å². The van der Waals surface area contributed by atoms with Crippen LogP contribution >= 0.6 is 11.6 Å². The zero-order valence-electron chi connectivity index (χ0n) is 11.8. The topological polar surface area (TPSA) is 63.6 Å². The van der Waals surface area contributed by atoms with Gasteiger partial charge in [0.05, 0.1) is 11.5 Å². The van der Waals surface area contributed by atoms with Crippen molar-refractivity contribution < 1.29 is 19.4 Å². The summed E-state index contributed by atoms with van der Waals surface area (Å²) < 4.78 is 5.70. The predicted octanol–water partition coefficient (Wildman–Crippen LogP) is 3.65. The Bertz CT molecular complexity index is 782. The van der Waals surface area contributed by atoms with Crippen molar-refractivity contribution in [1.82, 2.24) is 0 Å². The van der Waals surface area contributed by atoms with E-state index in [-0.39, 0.29) is 12.4 Å². The van der Waals surface area contributed by atoms with E-state index >= 15 is 0 Å². The molecule has 1 aliphatic heterocycles. The Morgan fingerprint density at radius 3 is 2.68 bits per heavy atom. The molecule has 2 aromatic carbocycles. The van der Waals surface area contributed by atoms with Crippen LogP contribution < -0.4 is 4.74 Å². The minimum atomic E-state index is -0.921. The van der Waals surface area contributed by atoms with Crippen molar-refractivity contribution in [3.63, 3.8) is 0 Å². The van der Waals surface area contributed by atoms with Crippen LogP contribution in [0.2, 0.25) is 5.02 Å². The highest BCUT2D eigenvalue weighted by Crippen LogP contribution is 2.32. The first-order valence-corrected chi connectivity index (χ1v) is 7.18. The molecule has 1 N–H and O–H groups in total. The SMILES string of the molecule is C[C@H](C(=O)O)c1ccc2c(c1)OCc1cc(Cl)ccc1C2=O. The molecule has 112 valence electrons. The number of benzene rings is 2. The molecular weight excluding hydrogens is 304 g/mol. The van der Waals surface area contributed by atoms with Crippen LogP contribution in [-0.4, -0.2) is 16.9 Å². The van der Waals surface area contributed by atoms with Crippen molar-refractivity contribution in [1.29, 1.82) is 0 Å². The van der Waals surface area contributed by atoms with Crippen LogP contribution in [0.1, 0.15) is 39.9 Å². The van der Waals surface area contributed by atoms with Gasteiger partial charge < -0.3 is 9.84 Å². The van der Waals surface area contributed by atoms with Crippen molar-refractivity contribution in [2.45, 2.75) is 19.4 Å². The van der Waals surface area contributed by atoms with Gasteiger partial charge in [0.25, 0.3) is 0 Å². The number of carboxylic acid groups (broad SMARTS) is 1. The van der Waals surface area contributed by atoms with Gasteiger partial charge in [-0.25, -0.2) is 0 Å². The summed E-state index contributed by atoms with van der Waals surface area (Å²) in [5.41, 5.74) is 2.31. The van der Waals surface area contributed by atoms with E-state index in [1.165, 1.54) is 0 Å². The van der Waals surface area contributed by atoms with Crippen LogP contribution in [0, 0.1) is 0 Å².